The van der Waals surface area contributed by atoms with Crippen LogP contribution in [0.15, 0.2) is 17.3 Å². The van der Waals surface area contributed by atoms with Gasteiger partial charge in [-0.1, -0.05) is 12.1 Å². The van der Waals surface area contributed by atoms with Gasteiger partial charge >= 0.3 is 0 Å². The second-order valence-corrected chi connectivity index (χ2v) is 4.25. The number of aromatic hydroxyl groups is 1. The van der Waals surface area contributed by atoms with Crippen LogP contribution in [0.4, 0.5) is 5.69 Å². The first kappa shape index (κ1) is 9.39. The predicted octanol–water partition coefficient (Wildman–Crippen LogP) is 3.15. The maximum absolute atomic E-state index is 10.6. The fraction of sp³-hybridized carbons (Fsp3) is 0.333. The van der Waals surface area contributed by atoms with Gasteiger partial charge in [-0.05, 0) is 42.0 Å². The Morgan fingerprint density at radius 2 is 2.06 bits per heavy atom. The highest BCUT2D eigenvalue weighted by atomic mass is 16.3. The Morgan fingerprint density at radius 1 is 1.25 bits per heavy atom. The highest BCUT2D eigenvalue weighted by Gasteiger charge is 2.18. The predicted molar refractivity (Wildman–Crippen MR) is 62.1 cm³/mol. The summed E-state index contributed by atoms with van der Waals surface area (Å²) in [6.07, 6.45) is 4.46. The molecule has 1 aliphatic rings. The van der Waals surface area contributed by atoms with Crippen molar-refractivity contribution >= 4 is 16.6 Å². The SMILES string of the molecule is O=Nc1c(O)[nH]c2c3c(ccc12)CCCC3. The zero-order chi connectivity index (χ0) is 11.1. The quantitative estimate of drug-likeness (QED) is 0.719. The lowest BCUT2D eigenvalue weighted by Crippen LogP contribution is -2.02. The van der Waals surface area contributed by atoms with Crippen LogP contribution in [-0.4, -0.2) is 10.1 Å². The molecule has 0 saturated carbocycles. The molecule has 4 heteroatoms. The van der Waals surface area contributed by atoms with Gasteiger partial charge < -0.3 is 10.1 Å². The summed E-state index contributed by atoms with van der Waals surface area (Å²) in [4.78, 5) is 13.5. The van der Waals surface area contributed by atoms with Crippen LogP contribution in [0.1, 0.15) is 24.0 Å². The molecule has 0 atom stereocenters. The first-order valence-corrected chi connectivity index (χ1v) is 5.50. The second kappa shape index (κ2) is 3.33. The molecule has 1 aliphatic carbocycles. The molecule has 2 N–H and O–H groups in total. The van der Waals surface area contributed by atoms with E-state index < -0.39 is 0 Å². The second-order valence-electron chi connectivity index (χ2n) is 4.25. The van der Waals surface area contributed by atoms with Gasteiger partial charge in [0.15, 0.2) is 5.69 Å². The van der Waals surface area contributed by atoms with Gasteiger partial charge in [-0.25, -0.2) is 0 Å². The van der Waals surface area contributed by atoms with Crippen molar-refractivity contribution in [3.8, 4) is 5.88 Å². The minimum Gasteiger partial charge on any atom is -0.493 e. The molecule has 82 valence electrons. The lowest BCUT2D eigenvalue weighted by atomic mass is 9.90. The summed E-state index contributed by atoms with van der Waals surface area (Å²) in [6.45, 7) is 0. The summed E-state index contributed by atoms with van der Waals surface area (Å²) in [7, 11) is 0. The van der Waals surface area contributed by atoms with E-state index in [1.54, 1.807) is 0 Å². The molecule has 2 aromatic rings. The Bertz CT molecular complexity index is 572. The minimum atomic E-state index is -0.121. The summed E-state index contributed by atoms with van der Waals surface area (Å²) in [6, 6.07) is 3.91. The van der Waals surface area contributed by atoms with Crippen molar-refractivity contribution in [1.82, 2.24) is 4.98 Å². The van der Waals surface area contributed by atoms with Crippen molar-refractivity contribution in [1.29, 1.82) is 0 Å². The Labute approximate surface area is 92.3 Å². The topological polar surface area (TPSA) is 65.4 Å². The third-order valence-corrected chi connectivity index (χ3v) is 3.35. The van der Waals surface area contributed by atoms with E-state index >= 15 is 0 Å². The van der Waals surface area contributed by atoms with E-state index in [2.05, 4.69) is 10.2 Å². The average molecular weight is 216 g/mol. The molecule has 0 saturated heterocycles. The highest BCUT2D eigenvalue weighted by Crippen LogP contribution is 2.39. The molecular weight excluding hydrogens is 204 g/mol. The zero-order valence-electron chi connectivity index (χ0n) is 8.79. The third kappa shape index (κ3) is 1.16. The van der Waals surface area contributed by atoms with Crippen LogP contribution in [0.25, 0.3) is 10.9 Å². The monoisotopic (exact) mass is 216 g/mol. The number of nitrogens with one attached hydrogen (secondary N) is 1. The van der Waals surface area contributed by atoms with E-state index in [4.69, 9.17) is 0 Å². The van der Waals surface area contributed by atoms with E-state index in [1.165, 1.54) is 17.5 Å². The van der Waals surface area contributed by atoms with E-state index in [0.717, 1.165) is 30.2 Å². The van der Waals surface area contributed by atoms with Gasteiger partial charge in [0.2, 0.25) is 5.88 Å². The van der Waals surface area contributed by atoms with Gasteiger partial charge in [-0.3, -0.25) is 0 Å². The first-order chi connectivity index (χ1) is 7.81. The molecule has 0 spiro atoms. The number of aromatic nitrogens is 1. The van der Waals surface area contributed by atoms with E-state index in [9.17, 15) is 10.0 Å². The number of aryl methyl sites for hydroxylation is 2. The lowest BCUT2D eigenvalue weighted by Gasteiger charge is -2.15. The molecule has 1 aromatic carbocycles. The first-order valence-electron chi connectivity index (χ1n) is 5.50. The number of aromatic amines is 1. The lowest BCUT2D eigenvalue weighted by molar-refractivity contribution is 0.460. The molecule has 0 radical (unpaired) electrons. The van der Waals surface area contributed by atoms with Gasteiger partial charge in [-0.15, -0.1) is 4.91 Å². The normalized spacial score (nSPS) is 15.0. The van der Waals surface area contributed by atoms with E-state index in [-0.39, 0.29) is 11.6 Å². The molecular formula is C12H12N2O2. The minimum absolute atomic E-state index is 0.121. The molecule has 3 rings (SSSR count). The number of nitrogens with zero attached hydrogens (tertiary/aromatic N) is 1. The van der Waals surface area contributed by atoms with Crippen LogP contribution in [0.2, 0.25) is 0 Å². The number of fused-ring (bicyclic) bond motifs is 3. The maximum Gasteiger partial charge on any atom is 0.219 e. The van der Waals surface area contributed by atoms with Gasteiger partial charge in [0.25, 0.3) is 0 Å². The smallest absolute Gasteiger partial charge is 0.219 e. The van der Waals surface area contributed by atoms with E-state index in [1.807, 2.05) is 12.1 Å². The number of hydrogen-bond donors (Lipinski definition) is 2. The Morgan fingerprint density at radius 3 is 2.88 bits per heavy atom. The summed E-state index contributed by atoms with van der Waals surface area (Å²) < 4.78 is 0. The van der Waals surface area contributed by atoms with Crippen LogP contribution in [0.5, 0.6) is 5.88 Å². The Hall–Kier alpha value is -1.84. The molecule has 1 heterocycles. The molecule has 0 amide bonds. The molecule has 0 unspecified atom stereocenters. The molecule has 0 aliphatic heterocycles. The molecule has 0 fully saturated rings. The van der Waals surface area contributed by atoms with Crippen molar-refractivity contribution in [3.05, 3.63) is 28.2 Å². The van der Waals surface area contributed by atoms with Crippen LogP contribution in [0.3, 0.4) is 0 Å². The van der Waals surface area contributed by atoms with Gasteiger partial charge in [0.05, 0.1) is 5.52 Å². The third-order valence-electron chi connectivity index (χ3n) is 3.35. The number of benzene rings is 1. The fourth-order valence-corrected chi connectivity index (χ4v) is 2.57. The molecule has 4 nitrogen and oxygen atoms in total. The summed E-state index contributed by atoms with van der Waals surface area (Å²) in [5, 5.41) is 13.2. The number of nitroso groups, excluding NO2 is 1. The van der Waals surface area contributed by atoms with Crippen LogP contribution in [-0.2, 0) is 12.8 Å². The number of rotatable bonds is 1. The fourth-order valence-electron chi connectivity index (χ4n) is 2.57. The highest BCUT2D eigenvalue weighted by molar-refractivity contribution is 5.96. The van der Waals surface area contributed by atoms with Gasteiger partial charge in [0, 0.05) is 5.39 Å². The number of H-pyrrole nitrogens is 1. The van der Waals surface area contributed by atoms with Gasteiger partial charge in [-0.2, -0.15) is 0 Å². The summed E-state index contributed by atoms with van der Waals surface area (Å²) >= 11 is 0. The van der Waals surface area contributed by atoms with Crippen LogP contribution in [0, 0.1) is 4.91 Å². The molecule has 1 aromatic heterocycles. The largest absolute Gasteiger partial charge is 0.493 e. The molecule has 0 bridgehead atoms. The van der Waals surface area contributed by atoms with E-state index in [0.29, 0.717) is 0 Å². The van der Waals surface area contributed by atoms with Crippen molar-refractivity contribution in [2.75, 3.05) is 0 Å². The summed E-state index contributed by atoms with van der Waals surface area (Å²) in [5.41, 5.74) is 3.55. The van der Waals surface area contributed by atoms with Crippen LogP contribution < -0.4 is 0 Å². The standard InChI is InChI=1S/C12H12N2O2/c15-12-11(14-16)9-6-5-7-3-1-2-4-8(7)10(9)13-12/h5-6,13,15H,1-4H2. The zero-order valence-corrected chi connectivity index (χ0v) is 8.79. The van der Waals surface area contributed by atoms with Gasteiger partial charge in [0.1, 0.15) is 0 Å². The molecule has 16 heavy (non-hydrogen) atoms. The summed E-state index contributed by atoms with van der Waals surface area (Å²) in [5.74, 6) is -0.121. The van der Waals surface area contributed by atoms with Crippen LogP contribution >= 0.6 is 0 Å². The average Bonchev–Trinajstić information content (AvgIpc) is 2.65. The Kier molecular flexibility index (Phi) is 1.96. The Balaban J connectivity index is 2.36. The van der Waals surface area contributed by atoms with Crippen molar-refractivity contribution in [2.24, 2.45) is 5.18 Å². The van der Waals surface area contributed by atoms with Crippen molar-refractivity contribution in [2.45, 2.75) is 25.7 Å². The van der Waals surface area contributed by atoms with Crippen molar-refractivity contribution < 1.29 is 5.11 Å². The van der Waals surface area contributed by atoms with Crippen molar-refractivity contribution in [3.63, 3.8) is 0 Å². The maximum atomic E-state index is 10.6. The number of hydrogen-bond acceptors (Lipinski definition) is 3.